The zero-order chi connectivity index (χ0) is 14.4. The summed E-state index contributed by atoms with van der Waals surface area (Å²) in [6.45, 7) is 4.40. The molecule has 3 aromatic rings. The molecule has 0 fully saturated rings. The van der Waals surface area contributed by atoms with Gasteiger partial charge in [-0.1, -0.05) is 0 Å². The molecule has 0 aliphatic carbocycles. The molecule has 0 bridgehead atoms. The van der Waals surface area contributed by atoms with Crippen LogP contribution in [0.3, 0.4) is 0 Å². The van der Waals surface area contributed by atoms with Gasteiger partial charge in [-0.05, 0) is 0 Å². The molecule has 1 aromatic carbocycles. The van der Waals surface area contributed by atoms with E-state index in [-0.39, 0.29) is 0 Å². The molecule has 0 aliphatic rings. The Morgan fingerprint density at radius 3 is 2.30 bits per heavy atom. The summed E-state index contributed by atoms with van der Waals surface area (Å²) >= 11 is 1.22. The normalized spacial score (nSPS) is 11.4. The first-order valence-corrected chi connectivity index (χ1v) is 8.45. The Morgan fingerprint density at radius 2 is 1.75 bits per heavy atom. The fraction of sp³-hybridized carbons (Fsp3) is 0.312. The molecule has 0 unspecified atom stereocenters. The van der Waals surface area contributed by atoms with Gasteiger partial charge in [-0.15, -0.1) is 0 Å². The van der Waals surface area contributed by atoms with E-state index >= 15 is 0 Å². The summed E-state index contributed by atoms with van der Waals surface area (Å²) in [5.74, 6) is 1.30. The number of nitrogens with zero attached hydrogens (tertiary/aromatic N) is 3. The van der Waals surface area contributed by atoms with E-state index in [1.165, 1.54) is 58.7 Å². The average Bonchev–Trinajstić information content (AvgIpc) is 2.84. The molecular formula is C16H19BiN3+. The molecule has 102 valence electrons. The molecule has 0 atom stereocenters. The topological polar surface area (TPSA) is 13.7 Å². The van der Waals surface area contributed by atoms with Gasteiger partial charge in [0.05, 0.1) is 0 Å². The predicted octanol–water partition coefficient (Wildman–Crippen LogP) is 2.27. The van der Waals surface area contributed by atoms with Crippen LogP contribution in [0.2, 0.25) is 0 Å². The van der Waals surface area contributed by atoms with Crippen LogP contribution in [0.1, 0.15) is 18.3 Å². The van der Waals surface area contributed by atoms with Crippen molar-refractivity contribution in [3.05, 3.63) is 41.9 Å². The summed E-state index contributed by atoms with van der Waals surface area (Å²) < 4.78 is 6.99. The Labute approximate surface area is 135 Å². The van der Waals surface area contributed by atoms with Crippen molar-refractivity contribution in [2.45, 2.75) is 20.3 Å². The van der Waals surface area contributed by atoms with Gasteiger partial charge in [0.25, 0.3) is 0 Å². The van der Waals surface area contributed by atoms with Gasteiger partial charge in [0.2, 0.25) is 0 Å². The summed E-state index contributed by atoms with van der Waals surface area (Å²) in [7, 11) is 4.34. The Kier molecular flexibility index (Phi) is 3.45. The third-order valence-electron chi connectivity index (χ3n) is 4.15. The molecule has 0 aliphatic heterocycles. The zero-order valence-corrected chi connectivity index (χ0v) is 15.9. The number of hydrogen-bond donors (Lipinski definition) is 0. The van der Waals surface area contributed by atoms with Gasteiger partial charge in [-0.2, -0.15) is 0 Å². The van der Waals surface area contributed by atoms with E-state index in [1.807, 2.05) is 0 Å². The molecule has 3 rings (SSSR count). The van der Waals surface area contributed by atoms with Crippen molar-refractivity contribution >= 4 is 35.8 Å². The zero-order valence-electron chi connectivity index (χ0n) is 12.4. The van der Waals surface area contributed by atoms with Crippen LogP contribution in [0, 0.1) is 6.92 Å². The van der Waals surface area contributed by atoms with Crippen molar-refractivity contribution < 1.29 is 2.51 Å². The van der Waals surface area contributed by atoms with E-state index in [2.05, 4.69) is 70.1 Å². The molecule has 0 spiro atoms. The van der Waals surface area contributed by atoms with Crippen LogP contribution in [-0.4, -0.2) is 34.1 Å². The molecule has 0 N–H and O–H groups in total. The summed E-state index contributed by atoms with van der Waals surface area (Å²) in [4.78, 5) is 0. The molecule has 0 amide bonds. The number of imidazole rings is 1. The molecule has 4 heteroatoms. The number of rotatable bonds is 2. The van der Waals surface area contributed by atoms with Gasteiger partial charge >= 0.3 is 135 Å². The van der Waals surface area contributed by atoms with Crippen LogP contribution in [0.5, 0.6) is 0 Å². The van der Waals surface area contributed by atoms with E-state index in [1.54, 1.807) is 0 Å². The number of aryl methyl sites for hydroxylation is 2. The van der Waals surface area contributed by atoms with Crippen molar-refractivity contribution in [1.29, 1.82) is 0 Å². The first-order valence-electron chi connectivity index (χ1n) is 6.90. The fourth-order valence-corrected chi connectivity index (χ4v) is 4.59. The minimum absolute atomic E-state index is 1.05. The third-order valence-corrected chi connectivity index (χ3v) is 5.34. The van der Waals surface area contributed by atoms with Gasteiger partial charge in [0.1, 0.15) is 0 Å². The standard InChI is InChI=1S/C16H19N3.Bi/c1-5-14-12-8-6-7-9-13(12)15(19(14)4)16-17-10-11(2)18(16)3;/h6-10H,5H2,1-4H3;/q;+1. The Hall–Kier alpha value is -1.15. The SMILES string of the molecule is CCc1c2ccccc2c(-c2n(C)c(C)c[n+]2[Bi])n1C. The third kappa shape index (κ3) is 1.85. The van der Waals surface area contributed by atoms with Gasteiger partial charge in [0, 0.05) is 0 Å². The van der Waals surface area contributed by atoms with Crippen LogP contribution in [-0.2, 0) is 20.5 Å². The Bertz CT molecular complexity index is 796. The van der Waals surface area contributed by atoms with Crippen LogP contribution < -0.4 is 2.51 Å². The molecule has 3 nitrogen and oxygen atoms in total. The van der Waals surface area contributed by atoms with Crippen molar-refractivity contribution in [1.82, 2.24) is 9.13 Å². The van der Waals surface area contributed by atoms with Crippen LogP contribution >= 0.6 is 0 Å². The second-order valence-electron chi connectivity index (χ2n) is 5.25. The number of aromatic nitrogens is 3. The summed E-state index contributed by atoms with van der Waals surface area (Å²) in [6.07, 6.45) is 3.29. The second-order valence-corrected chi connectivity index (χ2v) is 6.93. The Morgan fingerprint density at radius 1 is 1.10 bits per heavy atom. The predicted molar refractivity (Wildman–Crippen MR) is 82.8 cm³/mol. The van der Waals surface area contributed by atoms with E-state index in [4.69, 9.17) is 0 Å². The Balaban J connectivity index is 2.45. The van der Waals surface area contributed by atoms with Crippen molar-refractivity contribution in [2.24, 2.45) is 14.1 Å². The van der Waals surface area contributed by atoms with E-state index in [0.29, 0.717) is 0 Å². The molecule has 2 heterocycles. The average molecular weight is 462 g/mol. The van der Waals surface area contributed by atoms with E-state index in [9.17, 15) is 0 Å². The molecule has 0 saturated heterocycles. The van der Waals surface area contributed by atoms with Gasteiger partial charge in [-0.3, -0.25) is 0 Å². The summed E-state index contributed by atoms with van der Waals surface area (Å²) in [6, 6.07) is 8.75. The van der Waals surface area contributed by atoms with Crippen molar-refractivity contribution in [3.63, 3.8) is 0 Å². The fourth-order valence-electron chi connectivity index (χ4n) is 3.05. The van der Waals surface area contributed by atoms with Crippen LogP contribution in [0.15, 0.2) is 30.5 Å². The number of benzene rings is 1. The summed E-state index contributed by atoms with van der Waals surface area (Å²) in [5, 5.41) is 2.73. The van der Waals surface area contributed by atoms with Crippen molar-refractivity contribution in [3.8, 4) is 11.5 Å². The maximum atomic E-state index is 2.36. The molecule has 20 heavy (non-hydrogen) atoms. The van der Waals surface area contributed by atoms with Crippen LogP contribution in [0.4, 0.5) is 0 Å². The second kappa shape index (κ2) is 5.00. The van der Waals surface area contributed by atoms with Gasteiger partial charge in [-0.25, -0.2) is 0 Å². The first kappa shape index (κ1) is 13.8. The van der Waals surface area contributed by atoms with E-state index in [0.717, 1.165) is 6.42 Å². The van der Waals surface area contributed by atoms with Gasteiger partial charge in [0.15, 0.2) is 0 Å². The van der Waals surface area contributed by atoms with Crippen molar-refractivity contribution in [2.75, 3.05) is 0 Å². The molecular weight excluding hydrogens is 443 g/mol. The minimum atomic E-state index is 1.05. The molecule has 2 radical (unpaired) electrons. The maximum absolute atomic E-state index is 2.36. The molecule has 2 aromatic heterocycles. The van der Waals surface area contributed by atoms with E-state index < -0.39 is 0 Å². The monoisotopic (exact) mass is 462 g/mol. The number of fused-ring (bicyclic) bond motifs is 1. The number of hydrogen-bond acceptors (Lipinski definition) is 0. The summed E-state index contributed by atoms with van der Waals surface area (Å²) in [5.41, 5.74) is 4.04. The first-order chi connectivity index (χ1) is 9.56. The quantitative estimate of drug-likeness (QED) is 0.519. The molecule has 0 saturated carbocycles. The van der Waals surface area contributed by atoms with Gasteiger partial charge < -0.3 is 0 Å². The van der Waals surface area contributed by atoms with Crippen LogP contribution in [0.25, 0.3) is 22.3 Å².